The summed E-state index contributed by atoms with van der Waals surface area (Å²) in [5.74, 6) is 0.600. The van der Waals surface area contributed by atoms with Crippen molar-refractivity contribution in [1.29, 1.82) is 0 Å². The molecule has 1 saturated heterocycles. The Balaban J connectivity index is 1.84. The SMILES string of the molecule is CCC(C)CC1(NC(=O)c2cccc3[nH]cnc23)CCNCC1. The second-order valence-electron chi connectivity index (χ2n) is 6.81. The highest BCUT2D eigenvalue weighted by atomic mass is 16.1. The summed E-state index contributed by atoms with van der Waals surface area (Å²) in [6.45, 7) is 6.41. The first-order chi connectivity index (χ1) is 11.1. The highest BCUT2D eigenvalue weighted by Crippen LogP contribution is 2.29. The van der Waals surface area contributed by atoms with Crippen molar-refractivity contribution in [1.82, 2.24) is 20.6 Å². The zero-order chi connectivity index (χ0) is 16.3. The minimum Gasteiger partial charge on any atom is -0.346 e. The van der Waals surface area contributed by atoms with E-state index in [1.54, 1.807) is 6.33 Å². The Labute approximate surface area is 137 Å². The third-order valence-corrected chi connectivity index (χ3v) is 5.07. The molecule has 1 amide bonds. The van der Waals surface area contributed by atoms with E-state index in [1.165, 1.54) is 0 Å². The van der Waals surface area contributed by atoms with E-state index in [1.807, 2.05) is 18.2 Å². The average Bonchev–Trinajstić information content (AvgIpc) is 3.03. The summed E-state index contributed by atoms with van der Waals surface area (Å²) < 4.78 is 0. The third kappa shape index (κ3) is 3.39. The molecule has 23 heavy (non-hydrogen) atoms. The molecule has 0 saturated carbocycles. The summed E-state index contributed by atoms with van der Waals surface area (Å²) in [5, 5.41) is 6.76. The van der Waals surface area contributed by atoms with Crippen LogP contribution in [0.3, 0.4) is 0 Å². The van der Waals surface area contributed by atoms with Crippen molar-refractivity contribution in [3.8, 4) is 0 Å². The van der Waals surface area contributed by atoms with Crippen molar-refractivity contribution < 1.29 is 4.79 Å². The van der Waals surface area contributed by atoms with Crippen LogP contribution in [-0.2, 0) is 0 Å². The number of nitrogens with zero attached hydrogens (tertiary/aromatic N) is 1. The lowest BCUT2D eigenvalue weighted by Gasteiger charge is -2.40. The number of para-hydroxylation sites is 1. The van der Waals surface area contributed by atoms with Crippen LogP contribution in [0.5, 0.6) is 0 Å². The Morgan fingerprint density at radius 3 is 2.91 bits per heavy atom. The number of rotatable bonds is 5. The minimum atomic E-state index is -0.101. The Morgan fingerprint density at radius 2 is 2.17 bits per heavy atom. The van der Waals surface area contributed by atoms with Crippen molar-refractivity contribution in [2.75, 3.05) is 13.1 Å². The molecule has 0 radical (unpaired) electrons. The van der Waals surface area contributed by atoms with E-state index >= 15 is 0 Å². The Hall–Kier alpha value is -1.88. The number of aromatic nitrogens is 2. The maximum absolute atomic E-state index is 12.9. The van der Waals surface area contributed by atoms with Crippen molar-refractivity contribution in [2.45, 2.75) is 45.1 Å². The smallest absolute Gasteiger partial charge is 0.253 e. The van der Waals surface area contributed by atoms with Gasteiger partial charge in [-0.05, 0) is 50.4 Å². The molecule has 1 unspecified atom stereocenters. The number of hydrogen-bond acceptors (Lipinski definition) is 3. The summed E-state index contributed by atoms with van der Waals surface area (Å²) in [4.78, 5) is 20.3. The van der Waals surface area contributed by atoms with Crippen LogP contribution in [0.25, 0.3) is 11.0 Å². The maximum Gasteiger partial charge on any atom is 0.253 e. The van der Waals surface area contributed by atoms with Crippen LogP contribution in [0.2, 0.25) is 0 Å². The first-order valence-corrected chi connectivity index (χ1v) is 8.59. The largest absolute Gasteiger partial charge is 0.346 e. The Kier molecular flexibility index (Phi) is 4.66. The lowest BCUT2D eigenvalue weighted by molar-refractivity contribution is 0.0852. The molecular formula is C18H26N4O. The van der Waals surface area contributed by atoms with E-state index in [4.69, 9.17) is 0 Å². The third-order valence-electron chi connectivity index (χ3n) is 5.07. The van der Waals surface area contributed by atoms with Crippen molar-refractivity contribution in [3.05, 3.63) is 30.1 Å². The first-order valence-electron chi connectivity index (χ1n) is 8.59. The van der Waals surface area contributed by atoms with E-state index in [-0.39, 0.29) is 11.4 Å². The van der Waals surface area contributed by atoms with Crippen LogP contribution in [0.4, 0.5) is 0 Å². The molecule has 2 heterocycles. The van der Waals surface area contributed by atoms with Crippen LogP contribution in [0, 0.1) is 5.92 Å². The van der Waals surface area contributed by atoms with Crippen LogP contribution in [0.15, 0.2) is 24.5 Å². The Morgan fingerprint density at radius 1 is 1.39 bits per heavy atom. The molecule has 0 spiro atoms. The molecule has 2 aromatic rings. The summed E-state index contributed by atoms with van der Waals surface area (Å²) in [5.41, 5.74) is 2.21. The first kappa shape index (κ1) is 16.0. The quantitative estimate of drug-likeness (QED) is 0.795. The van der Waals surface area contributed by atoms with Gasteiger partial charge in [-0.2, -0.15) is 0 Å². The molecule has 1 fully saturated rings. The van der Waals surface area contributed by atoms with E-state index in [2.05, 4.69) is 34.4 Å². The minimum absolute atomic E-state index is 0.00657. The number of H-pyrrole nitrogens is 1. The van der Waals surface area contributed by atoms with Gasteiger partial charge in [0, 0.05) is 5.54 Å². The summed E-state index contributed by atoms with van der Waals surface area (Å²) in [7, 11) is 0. The molecular weight excluding hydrogens is 288 g/mol. The molecule has 0 aliphatic carbocycles. The van der Waals surface area contributed by atoms with Gasteiger partial charge in [-0.15, -0.1) is 0 Å². The van der Waals surface area contributed by atoms with E-state index in [0.717, 1.165) is 49.8 Å². The van der Waals surface area contributed by atoms with E-state index in [9.17, 15) is 4.79 Å². The zero-order valence-electron chi connectivity index (χ0n) is 14.0. The van der Waals surface area contributed by atoms with E-state index in [0.29, 0.717) is 11.5 Å². The van der Waals surface area contributed by atoms with Gasteiger partial charge in [0.1, 0.15) is 5.52 Å². The fraction of sp³-hybridized carbons (Fsp3) is 0.556. The van der Waals surface area contributed by atoms with Gasteiger partial charge in [0.05, 0.1) is 17.4 Å². The van der Waals surface area contributed by atoms with Gasteiger partial charge in [-0.25, -0.2) is 4.98 Å². The lowest BCUT2D eigenvalue weighted by Crippen LogP contribution is -2.55. The molecule has 0 bridgehead atoms. The monoisotopic (exact) mass is 314 g/mol. The van der Waals surface area contributed by atoms with Gasteiger partial charge in [0.25, 0.3) is 5.91 Å². The van der Waals surface area contributed by atoms with Gasteiger partial charge in [0.2, 0.25) is 0 Å². The molecule has 5 nitrogen and oxygen atoms in total. The van der Waals surface area contributed by atoms with Gasteiger partial charge in [-0.3, -0.25) is 4.79 Å². The second kappa shape index (κ2) is 6.71. The molecule has 3 N–H and O–H groups in total. The highest BCUT2D eigenvalue weighted by Gasteiger charge is 2.35. The predicted octanol–water partition coefficient (Wildman–Crippen LogP) is 2.85. The fourth-order valence-electron chi connectivity index (χ4n) is 3.55. The molecule has 1 aromatic carbocycles. The number of fused-ring (bicyclic) bond motifs is 1. The standard InChI is InChI=1S/C18H26N4O/c1-3-13(2)11-18(7-9-19-10-8-18)22-17(23)14-5-4-6-15-16(14)21-12-20-15/h4-6,12-13,19H,3,7-11H2,1-2H3,(H,20,21)(H,22,23). The molecule has 1 atom stereocenters. The number of amides is 1. The van der Waals surface area contributed by atoms with Gasteiger partial charge >= 0.3 is 0 Å². The summed E-state index contributed by atoms with van der Waals surface area (Å²) in [6.07, 6.45) is 5.79. The van der Waals surface area contributed by atoms with Crippen LogP contribution >= 0.6 is 0 Å². The maximum atomic E-state index is 12.9. The summed E-state index contributed by atoms with van der Waals surface area (Å²) in [6, 6.07) is 5.70. The molecule has 3 rings (SSSR count). The number of imidazole rings is 1. The lowest BCUT2D eigenvalue weighted by atomic mass is 9.79. The molecule has 124 valence electrons. The fourth-order valence-corrected chi connectivity index (χ4v) is 3.55. The van der Waals surface area contributed by atoms with Gasteiger partial charge in [-0.1, -0.05) is 26.3 Å². The molecule has 1 aliphatic heterocycles. The Bertz CT molecular complexity index is 672. The predicted molar refractivity (Wildman–Crippen MR) is 92.5 cm³/mol. The zero-order valence-corrected chi connectivity index (χ0v) is 14.0. The van der Waals surface area contributed by atoms with Gasteiger partial charge < -0.3 is 15.6 Å². The van der Waals surface area contributed by atoms with Crippen molar-refractivity contribution in [3.63, 3.8) is 0 Å². The number of nitrogens with one attached hydrogen (secondary N) is 3. The summed E-state index contributed by atoms with van der Waals surface area (Å²) >= 11 is 0. The van der Waals surface area contributed by atoms with Crippen molar-refractivity contribution in [2.24, 2.45) is 5.92 Å². The second-order valence-corrected chi connectivity index (χ2v) is 6.81. The molecule has 1 aliphatic rings. The molecule has 5 heteroatoms. The molecule has 1 aromatic heterocycles. The van der Waals surface area contributed by atoms with Crippen molar-refractivity contribution >= 4 is 16.9 Å². The number of benzene rings is 1. The van der Waals surface area contributed by atoms with Crippen LogP contribution in [-0.4, -0.2) is 34.5 Å². The van der Waals surface area contributed by atoms with Gasteiger partial charge in [0.15, 0.2) is 0 Å². The average molecular weight is 314 g/mol. The number of hydrogen-bond donors (Lipinski definition) is 3. The number of aromatic amines is 1. The topological polar surface area (TPSA) is 69.8 Å². The normalized spacial score (nSPS) is 18.7. The number of piperidine rings is 1. The highest BCUT2D eigenvalue weighted by molar-refractivity contribution is 6.05. The number of carbonyl (C=O) groups excluding carboxylic acids is 1. The van der Waals surface area contributed by atoms with Crippen LogP contribution < -0.4 is 10.6 Å². The van der Waals surface area contributed by atoms with Crippen LogP contribution in [0.1, 0.15) is 49.9 Å². The number of carbonyl (C=O) groups is 1. The van der Waals surface area contributed by atoms with E-state index < -0.39 is 0 Å².